The van der Waals surface area contributed by atoms with Crippen molar-refractivity contribution in [1.82, 2.24) is 4.98 Å². The number of aliphatic carboxylic acids is 1. The Balaban J connectivity index is 1.34. The number of benzene rings is 1. The van der Waals surface area contributed by atoms with E-state index in [9.17, 15) is 14.3 Å². The summed E-state index contributed by atoms with van der Waals surface area (Å²) in [5, 5.41) is 11.7. The first-order chi connectivity index (χ1) is 18.7. The number of allylic oxidation sites excluding steroid dienone is 1. The van der Waals surface area contributed by atoms with Gasteiger partial charge in [-0.15, -0.1) is 0 Å². The molecule has 2 N–H and O–H groups in total. The third-order valence-corrected chi connectivity index (χ3v) is 14.7. The third-order valence-electron chi connectivity index (χ3n) is 14.7. The van der Waals surface area contributed by atoms with Crippen molar-refractivity contribution < 1.29 is 14.3 Å². The molecule has 1 aromatic heterocycles. The van der Waals surface area contributed by atoms with Crippen LogP contribution in [0.2, 0.25) is 0 Å². The number of hydrogen-bond acceptors (Lipinski definition) is 1. The van der Waals surface area contributed by atoms with Gasteiger partial charge in [0.15, 0.2) is 0 Å². The highest BCUT2D eigenvalue weighted by Crippen LogP contribution is 2.77. The van der Waals surface area contributed by atoms with Crippen LogP contribution in [-0.4, -0.2) is 16.1 Å². The molecule has 0 bridgehead atoms. The van der Waals surface area contributed by atoms with Crippen LogP contribution in [0.1, 0.15) is 104 Å². The topological polar surface area (TPSA) is 53.1 Å². The second-order valence-electron chi connectivity index (χ2n) is 16.2. The summed E-state index contributed by atoms with van der Waals surface area (Å²) in [6, 6.07) is 5.24. The standard InChI is InChI=1S/C36H48FNO2/c1-20(2)22-12-15-36(31(39)40)17-16-34(6)25(29(22)36)9-11-28-33(5)19-24-23-18-21(37)8-10-26(23)38-30(24)32(3,4)27(33)13-14-35(28,34)7/h8,10,18,22,25,27-29,38H,1,9,11-17,19H2,2-7H3,(H,39,40)/t22-,25+,27-,28+,29+,33-,34+,35+,36-/m0/s1. The van der Waals surface area contributed by atoms with Crippen LogP contribution in [0.15, 0.2) is 30.4 Å². The molecule has 9 atom stereocenters. The van der Waals surface area contributed by atoms with Crippen molar-refractivity contribution in [2.24, 2.45) is 51.2 Å². The number of carboxylic acid groups (broad SMARTS) is 1. The molecule has 1 aromatic carbocycles. The molecule has 4 heteroatoms. The smallest absolute Gasteiger partial charge is 0.309 e. The third kappa shape index (κ3) is 2.99. The summed E-state index contributed by atoms with van der Waals surface area (Å²) in [7, 11) is 0. The summed E-state index contributed by atoms with van der Waals surface area (Å²) in [4.78, 5) is 16.7. The van der Waals surface area contributed by atoms with E-state index in [-0.39, 0.29) is 33.4 Å². The van der Waals surface area contributed by atoms with Crippen molar-refractivity contribution in [3.05, 3.63) is 47.4 Å². The van der Waals surface area contributed by atoms with Crippen LogP contribution in [0.5, 0.6) is 0 Å². The number of H-pyrrole nitrogens is 1. The average molecular weight is 546 g/mol. The van der Waals surface area contributed by atoms with Gasteiger partial charge in [0.25, 0.3) is 0 Å². The molecule has 5 aliphatic carbocycles. The number of rotatable bonds is 2. The number of hydrogen-bond donors (Lipinski definition) is 2. The largest absolute Gasteiger partial charge is 0.481 e. The molecule has 5 aliphatic rings. The van der Waals surface area contributed by atoms with Crippen LogP contribution < -0.4 is 0 Å². The second-order valence-corrected chi connectivity index (χ2v) is 16.2. The fraction of sp³-hybridized carbons (Fsp3) is 0.694. The van der Waals surface area contributed by atoms with Gasteiger partial charge < -0.3 is 10.1 Å². The van der Waals surface area contributed by atoms with Crippen molar-refractivity contribution in [3.8, 4) is 0 Å². The Kier molecular flexibility index (Phi) is 5.38. The van der Waals surface area contributed by atoms with Gasteiger partial charge >= 0.3 is 5.97 Å². The van der Waals surface area contributed by atoms with Gasteiger partial charge in [-0.3, -0.25) is 4.79 Å². The summed E-state index contributed by atoms with van der Waals surface area (Å²) < 4.78 is 14.5. The number of aromatic nitrogens is 1. The quantitative estimate of drug-likeness (QED) is 0.370. The molecule has 4 fully saturated rings. The van der Waals surface area contributed by atoms with E-state index in [4.69, 9.17) is 0 Å². The molecule has 2 aromatic rings. The Labute approximate surface area is 239 Å². The molecule has 0 radical (unpaired) electrons. The van der Waals surface area contributed by atoms with Crippen molar-refractivity contribution in [1.29, 1.82) is 0 Å². The molecule has 4 saturated carbocycles. The first kappa shape index (κ1) is 26.8. The van der Waals surface area contributed by atoms with Crippen molar-refractivity contribution in [2.75, 3.05) is 0 Å². The minimum Gasteiger partial charge on any atom is -0.481 e. The van der Waals surface area contributed by atoms with Crippen molar-refractivity contribution >= 4 is 16.9 Å². The van der Waals surface area contributed by atoms with Gasteiger partial charge in [-0.2, -0.15) is 0 Å². The number of aromatic amines is 1. The Hall–Kier alpha value is -2.10. The molecule has 0 unspecified atom stereocenters. The first-order valence-corrected chi connectivity index (χ1v) is 15.9. The number of fused-ring (bicyclic) bond motifs is 10. The van der Waals surface area contributed by atoms with Crippen LogP contribution in [0, 0.1) is 57.1 Å². The normalized spacial score (nSPS) is 45.1. The summed E-state index contributed by atoms with van der Waals surface area (Å²) in [6.07, 6.45) is 9.31. The van der Waals surface area contributed by atoms with Crippen LogP contribution in [0.3, 0.4) is 0 Å². The van der Waals surface area contributed by atoms with E-state index in [0.29, 0.717) is 23.7 Å². The highest BCUT2D eigenvalue weighted by Gasteiger charge is 2.72. The van der Waals surface area contributed by atoms with Crippen molar-refractivity contribution in [3.63, 3.8) is 0 Å². The van der Waals surface area contributed by atoms with Gasteiger partial charge in [-0.25, -0.2) is 4.39 Å². The first-order valence-electron chi connectivity index (χ1n) is 15.9. The molecule has 0 saturated heterocycles. The van der Waals surface area contributed by atoms with Gasteiger partial charge in [0.05, 0.1) is 5.41 Å². The SMILES string of the molecule is C=C(C)[C@@H]1CC[C@]2(C(=O)O)CC[C@]3(C)[C@H](CC[C@@H]4[C@@]5(C)Cc6c([nH]c7ccc(F)cc67)C(C)(C)[C@@H]5CC[C@]43C)[C@@H]12. The van der Waals surface area contributed by atoms with E-state index in [0.717, 1.165) is 49.4 Å². The molecule has 0 aliphatic heterocycles. The maximum atomic E-state index is 14.5. The van der Waals surface area contributed by atoms with E-state index in [1.54, 1.807) is 12.1 Å². The predicted molar refractivity (Wildman–Crippen MR) is 159 cm³/mol. The lowest BCUT2D eigenvalue weighted by molar-refractivity contribution is -0.227. The zero-order valence-corrected chi connectivity index (χ0v) is 25.4. The lowest BCUT2D eigenvalue weighted by Crippen LogP contribution is -2.66. The monoisotopic (exact) mass is 545 g/mol. The highest BCUT2D eigenvalue weighted by atomic mass is 19.1. The number of halogens is 1. The molecule has 0 spiro atoms. The van der Waals surface area contributed by atoms with E-state index >= 15 is 0 Å². The lowest BCUT2D eigenvalue weighted by atomic mass is 9.32. The van der Waals surface area contributed by atoms with Crippen LogP contribution in [0.4, 0.5) is 4.39 Å². The molecular formula is C36H48FNO2. The minimum absolute atomic E-state index is 0.0154. The van der Waals surface area contributed by atoms with E-state index in [2.05, 4.69) is 53.1 Å². The van der Waals surface area contributed by atoms with Gasteiger partial charge in [-0.05, 0) is 134 Å². The van der Waals surface area contributed by atoms with E-state index < -0.39 is 11.4 Å². The van der Waals surface area contributed by atoms with Crippen LogP contribution in [-0.2, 0) is 16.6 Å². The van der Waals surface area contributed by atoms with Gasteiger partial charge in [0.1, 0.15) is 5.82 Å². The predicted octanol–water partition coefficient (Wildman–Crippen LogP) is 9.06. The Morgan fingerprint density at radius 2 is 1.73 bits per heavy atom. The summed E-state index contributed by atoms with van der Waals surface area (Å²) >= 11 is 0. The molecule has 216 valence electrons. The van der Waals surface area contributed by atoms with E-state index in [1.807, 2.05) is 6.07 Å². The molecule has 7 rings (SSSR count). The van der Waals surface area contributed by atoms with Crippen LogP contribution >= 0.6 is 0 Å². The fourth-order valence-electron chi connectivity index (χ4n) is 12.8. The minimum atomic E-state index is -0.575. The van der Waals surface area contributed by atoms with Gasteiger partial charge in [0, 0.05) is 22.0 Å². The Morgan fingerprint density at radius 3 is 2.42 bits per heavy atom. The molecule has 40 heavy (non-hydrogen) atoms. The number of carbonyl (C=O) groups is 1. The summed E-state index contributed by atoms with van der Waals surface area (Å²) in [6.45, 7) is 19.1. The van der Waals surface area contributed by atoms with Crippen LogP contribution in [0.25, 0.3) is 10.9 Å². The molecule has 1 heterocycles. The molecular weight excluding hydrogens is 497 g/mol. The summed E-state index contributed by atoms with van der Waals surface area (Å²) in [5.41, 5.74) is 4.69. The number of nitrogens with one attached hydrogen (secondary N) is 1. The second kappa shape index (κ2) is 8.04. The molecule has 0 amide bonds. The molecule has 3 nitrogen and oxygen atoms in total. The Morgan fingerprint density at radius 1 is 0.975 bits per heavy atom. The number of carboxylic acids is 1. The van der Waals surface area contributed by atoms with Crippen molar-refractivity contribution in [2.45, 2.75) is 105 Å². The van der Waals surface area contributed by atoms with Gasteiger partial charge in [-0.1, -0.05) is 46.8 Å². The highest BCUT2D eigenvalue weighted by molar-refractivity contribution is 5.85. The Bertz CT molecular complexity index is 1440. The van der Waals surface area contributed by atoms with Gasteiger partial charge in [0.2, 0.25) is 0 Å². The maximum absolute atomic E-state index is 14.5. The zero-order valence-electron chi connectivity index (χ0n) is 25.4. The fourth-order valence-corrected chi connectivity index (χ4v) is 12.8. The lowest BCUT2D eigenvalue weighted by Gasteiger charge is -2.72. The van der Waals surface area contributed by atoms with E-state index in [1.165, 1.54) is 36.1 Å². The average Bonchev–Trinajstić information content (AvgIpc) is 3.44. The zero-order chi connectivity index (χ0) is 28.6. The summed E-state index contributed by atoms with van der Waals surface area (Å²) in [5.74, 6) is 1.36. The maximum Gasteiger partial charge on any atom is 0.309 e.